The third kappa shape index (κ3) is 7.92. The van der Waals surface area contributed by atoms with Crippen molar-refractivity contribution in [1.82, 2.24) is 0 Å². The van der Waals surface area contributed by atoms with Gasteiger partial charge in [-0.15, -0.1) is 0 Å². The number of rotatable bonds is 8. The molecule has 1 N–H and O–H groups in total. The molecule has 0 bridgehead atoms. The van der Waals surface area contributed by atoms with E-state index in [0.717, 1.165) is 50.7 Å². The Kier molecular flexibility index (Phi) is 12.5. The maximum Gasteiger partial charge on any atom is 0.119 e. The average molecular weight is 670 g/mol. The molecule has 0 amide bonds. The van der Waals surface area contributed by atoms with Gasteiger partial charge >= 0.3 is 0 Å². The molecule has 1 atom stereocenters. The Morgan fingerprint density at radius 1 is 0.765 bits per heavy atom. The fourth-order valence-corrected chi connectivity index (χ4v) is 6.97. The average Bonchev–Trinajstić information content (AvgIpc) is 3.51. The molecule has 5 aromatic carbocycles. The lowest BCUT2D eigenvalue weighted by molar-refractivity contribution is 0.434. The maximum atomic E-state index is 11.8. The van der Waals surface area contributed by atoms with Crippen molar-refractivity contribution in [3.8, 4) is 0 Å². The number of benzene rings is 5. The van der Waals surface area contributed by atoms with Gasteiger partial charge < -0.3 is 10.0 Å². The van der Waals surface area contributed by atoms with Crippen molar-refractivity contribution in [1.29, 1.82) is 0 Å². The molecule has 0 aromatic heterocycles. The maximum absolute atomic E-state index is 11.8. The fourth-order valence-electron chi connectivity index (χ4n) is 6.97. The van der Waals surface area contributed by atoms with Crippen LogP contribution in [0.3, 0.4) is 0 Å². The SMILES string of the molecule is C=Cc1ccc(CN(c2ccc3ccccc3c2C2=C(O)C=CC3=CC=CCC=C3C2)C(C)c2ccc3ccccc3c2)cc1C=C.CC.CC. The first-order valence-electron chi connectivity index (χ1n) is 18.4. The molecule has 7 rings (SSSR count). The van der Waals surface area contributed by atoms with Crippen molar-refractivity contribution in [3.05, 3.63) is 191 Å². The smallest absolute Gasteiger partial charge is 0.119 e. The van der Waals surface area contributed by atoms with Crippen LogP contribution in [-0.2, 0) is 6.54 Å². The quantitative estimate of drug-likeness (QED) is 0.178. The standard InChI is InChI=1S/C45H39NO.2C2H6/c1-4-33-20-19-32(27-34(33)5-2)30-46(31(3)38-22-21-35-14-9-10-17-39(35)28-38)43-25-23-37-15-11-12-18-41(37)45(43)42-29-40-16-8-6-7-13-36(40)24-26-44(42)47;2*1-2/h4-7,9-28,31,47H,1-2,8,29-30H2,3H3;2*1-2H3. The van der Waals surface area contributed by atoms with E-state index in [2.05, 4.69) is 146 Å². The number of aliphatic hydroxyl groups is 1. The highest BCUT2D eigenvalue weighted by molar-refractivity contribution is 6.01. The van der Waals surface area contributed by atoms with Crippen molar-refractivity contribution in [3.63, 3.8) is 0 Å². The molecule has 0 saturated heterocycles. The predicted octanol–water partition coefficient (Wildman–Crippen LogP) is 14.1. The van der Waals surface area contributed by atoms with Crippen LogP contribution >= 0.6 is 0 Å². The molecule has 5 aromatic rings. The van der Waals surface area contributed by atoms with Crippen LogP contribution in [0.25, 0.3) is 39.3 Å². The Labute approximate surface area is 305 Å². The molecule has 1 unspecified atom stereocenters. The van der Waals surface area contributed by atoms with Crippen LogP contribution in [0.5, 0.6) is 0 Å². The topological polar surface area (TPSA) is 23.5 Å². The van der Waals surface area contributed by atoms with Gasteiger partial charge in [-0.2, -0.15) is 0 Å². The van der Waals surface area contributed by atoms with E-state index in [4.69, 9.17) is 0 Å². The van der Waals surface area contributed by atoms with Crippen LogP contribution in [0, 0.1) is 0 Å². The monoisotopic (exact) mass is 669 g/mol. The molecule has 0 saturated carbocycles. The molecule has 258 valence electrons. The van der Waals surface area contributed by atoms with Gasteiger partial charge in [-0.3, -0.25) is 0 Å². The van der Waals surface area contributed by atoms with E-state index in [0.29, 0.717) is 18.7 Å². The van der Waals surface area contributed by atoms with Crippen LogP contribution in [0.1, 0.15) is 81.3 Å². The summed E-state index contributed by atoms with van der Waals surface area (Å²) in [6, 6.07) is 34.9. The summed E-state index contributed by atoms with van der Waals surface area (Å²) >= 11 is 0. The van der Waals surface area contributed by atoms with E-state index < -0.39 is 0 Å². The van der Waals surface area contributed by atoms with Gasteiger partial charge in [0.2, 0.25) is 0 Å². The Morgan fingerprint density at radius 3 is 2.24 bits per heavy atom. The predicted molar refractivity (Wildman–Crippen MR) is 225 cm³/mol. The van der Waals surface area contributed by atoms with E-state index in [9.17, 15) is 5.11 Å². The second kappa shape index (κ2) is 17.4. The number of hydrogen-bond acceptors (Lipinski definition) is 2. The highest BCUT2D eigenvalue weighted by Gasteiger charge is 2.26. The van der Waals surface area contributed by atoms with Gasteiger partial charge in [-0.1, -0.05) is 162 Å². The van der Waals surface area contributed by atoms with Gasteiger partial charge in [0.05, 0.1) is 6.04 Å². The fraction of sp³-hybridized carbons (Fsp3) is 0.184. The van der Waals surface area contributed by atoms with Crippen molar-refractivity contribution in [2.24, 2.45) is 0 Å². The first kappa shape index (κ1) is 36.7. The lowest BCUT2D eigenvalue weighted by atomic mass is 9.89. The third-order valence-electron chi connectivity index (χ3n) is 9.57. The molecule has 0 fully saturated rings. The zero-order valence-electron chi connectivity index (χ0n) is 30.9. The van der Waals surface area contributed by atoms with Crippen LogP contribution in [0.15, 0.2) is 164 Å². The summed E-state index contributed by atoms with van der Waals surface area (Å²) in [7, 11) is 0. The summed E-state index contributed by atoms with van der Waals surface area (Å²) in [6.45, 7) is 19.0. The minimum absolute atomic E-state index is 0.0200. The first-order valence-corrected chi connectivity index (χ1v) is 18.4. The second-order valence-corrected chi connectivity index (χ2v) is 12.4. The van der Waals surface area contributed by atoms with E-state index >= 15 is 0 Å². The van der Waals surface area contributed by atoms with Gasteiger partial charge in [0.1, 0.15) is 5.76 Å². The molecular weight excluding hydrogens is 619 g/mol. The number of fused-ring (bicyclic) bond motifs is 3. The summed E-state index contributed by atoms with van der Waals surface area (Å²) in [5.41, 5.74) is 10.0. The zero-order chi connectivity index (χ0) is 36.3. The van der Waals surface area contributed by atoms with Crippen molar-refractivity contribution < 1.29 is 5.11 Å². The number of hydrogen-bond donors (Lipinski definition) is 1. The van der Waals surface area contributed by atoms with E-state index in [1.165, 1.54) is 27.5 Å². The van der Waals surface area contributed by atoms with Crippen molar-refractivity contribution in [2.75, 3.05) is 4.90 Å². The largest absolute Gasteiger partial charge is 0.508 e. The van der Waals surface area contributed by atoms with E-state index in [1.807, 2.05) is 52.0 Å². The Bertz CT molecular complexity index is 2190. The number of anilines is 1. The molecule has 2 heteroatoms. The van der Waals surface area contributed by atoms with Crippen LogP contribution in [0.4, 0.5) is 5.69 Å². The molecule has 2 nitrogen and oxygen atoms in total. The van der Waals surface area contributed by atoms with Gasteiger partial charge in [-0.25, -0.2) is 0 Å². The van der Waals surface area contributed by atoms with Crippen LogP contribution in [-0.4, -0.2) is 5.11 Å². The van der Waals surface area contributed by atoms with Gasteiger partial charge in [0.25, 0.3) is 0 Å². The molecule has 0 heterocycles. The van der Waals surface area contributed by atoms with Crippen LogP contribution < -0.4 is 4.90 Å². The van der Waals surface area contributed by atoms with Gasteiger partial charge in [-0.05, 0) is 92.6 Å². The van der Waals surface area contributed by atoms with Crippen molar-refractivity contribution in [2.45, 2.75) is 60.0 Å². The first-order chi connectivity index (χ1) is 25.0. The summed E-state index contributed by atoms with van der Waals surface area (Å²) in [5, 5.41) is 16.5. The number of nitrogens with zero attached hydrogens (tertiary/aromatic N) is 1. The highest BCUT2D eigenvalue weighted by atomic mass is 16.3. The Hall–Kier alpha value is -5.60. The van der Waals surface area contributed by atoms with Gasteiger partial charge in [0, 0.05) is 29.8 Å². The van der Waals surface area contributed by atoms with E-state index in [1.54, 1.807) is 0 Å². The summed E-state index contributed by atoms with van der Waals surface area (Å²) in [5.74, 6) is 0.309. The normalized spacial score (nSPS) is 14.1. The van der Waals surface area contributed by atoms with E-state index in [-0.39, 0.29) is 6.04 Å². The van der Waals surface area contributed by atoms with Crippen molar-refractivity contribution >= 4 is 45.0 Å². The molecule has 2 aliphatic rings. The molecular formula is C49H51NO. The molecule has 0 aliphatic heterocycles. The number of allylic oxidation sites excluding steroid dienone is 9. The minimum atomic E-state index is 0.0200. The Balaban J connectivity index is 0.00000122. The molecule has 51 heavy (non-hydrogen) atoms. The lowest BCUT2D eigenvalue weighted by Crippen LogP contribution is -2.27. The summed E-state index contributed by atoms with van der Waals surface area (Å²) < 4.78 is 0. The summed E-state index contributed by atoms with van der Waals surface area (Å²) in [4.78, 5) is 2.50. The molecule has 2 aliphatic carbocycles. The second-order valence-electron chi connectivity index (χ2n) is 12.4. The lowest BCUT2D eigenvalue weighted by Gasteiger charge is -2.35. The minimum Gasteiger partial charge on any atom is -0.508 e. The highest BCUT2D eigenvalue weighted by Crippen LogP contribution is 2.44. The zero-order valence-corrected chi connectivity index (χ0v) is 30.9. The Morgan fingerprint density at radius 2 is 1.47 bits per heavy atom. The third-order valence-corrected chi connectivity index (χ3v) is 9.57. The number of aliphatic hydroxyl groups excluding tert-OH is 1. The molecule has 0 spiro atoms. The molecule has 0 radical (unpaired) electrons. The van der Waals surface area contributed by atoms with Gasteiger partial charge in [0.15, 0.2) is 0 Å². The summed E-state index contributed by atoms with van der Waals surface area (Å²) in [6.07, 6.45) is 17.9. The van der Waals surface area contributed by atoms with Crippen LogP contribution in [0.2, 0.25) is 0 Å².